The summed E-state index contributed by atoms with van der Waals surface area (Å²) in [5, 5.41) is 5.09. The molecule has 0 spiro atoms. The van der Waals surface area contributed by atoms with E-state index < -0.39 is 17.5 Å². The number of anilines is 1. The summed E-state index contributed by atoms with van der Waals surface area (Å²) < 4.78 is 26.5. The molecule has 0 radical (unpaired) electrons. The van der Waals surface area contributed by atoms with Crippen molar-refractivity contribution in [3.63, 3.8) is 0 Å². The standard InChI is InChI=1S/C23H28F2N4O2/c1-17-4-2-5-19(14-17)29-12-10-28(11-13-29)9-3-8-26-22(30)16-27-23(31)20-7-6-18(24)15-21(20)25/h2,4-7,14-15H,3,8-13,16H2,1H3,(H,26,30)(H,27,31). The number of aryl methyl sites for hydroxylation is 1. The van der Waals surface area contributed by atoms with E-state index in [1.807, 2.05) is 0 Å². The fourth-order valence-corrected chi connectivity index (χ4v) is 3.58. The van der Waals surface area contributed by atoms with Crippen LogP contribution in [0.4, 0.5) is 14.5 Å². The molecule has 31 heavy (non-hydrogen) atoms. The predicted octanol–water partition coefficient (Wildman–Crippen LogP) is 2.33. The maximum absolute atomic E-state index is 13.6. The van der Waals surface area contributed by atoms with E-state index in [2.05, 4.69) is 51.6 Å². The number of carbonyl (C=O) groups excluding carboxylic acids is 2. The van der Waals surface area contributed by atoms with E-state index >= 15 is 0 Å². The first-order valence-corrected chi connectivity index (χ1v) is 10.5. The molecular weight excluding hydrogens is 402 g/mol. The molecule has 0 bridgehead atoms. The highest BCUT2D eigenvalue weighted by Gasteiger charge is 2.17. The van der Waals surface area contributed by atoms with Gasteiger partial charge < -0.3 is 15.5 Å². The summed E-state index contributed by atoms with van der Waals surface area (Å²) in [4.78, 5) is 28.6. The van der Waals surface area contributed by atoms with E-state index in [1.165, 1.54) is 11.3 Å². The molecule has 1 aliphatic rings. The van der Waals surface area contributed by atoms with Crippen LogP contribution in [-0.2, 0) is 4.79 Å². The second-order valence-electron chi connectivity index (χ2n) is 7.68. The Balaban J connectivity index is 1.29. The van der Waals surface area contributed by atoms with Crippen molar-refractivity contribution < 1.29 is 18.4 Å². The molecule has 1 saturated heterocycles. The average molecular weight is 430 g/mol. The van der Waals surface area contributed by atoms with Crippen molar-refractivity contribution in [3.8, 4) is 0 Å². The number of hydrogen-bond donors (Lipinski definition) is 2. The molecule has 1 heterocycles. The topological polar surface area (TPSA) is 64.7 Å². The number of amides is 2. The van der Waals surface area contributed by atoms with Crippen LogP contribution in [0.2, 0.25) is 0 Å². The third-order valence-corrected chi connectivity index (χ3v) is 5.30. The first-order valence-electron chi connectivity index (χ1n) is 10.5. The Morgan fingerprint density at radius 1 is 1.00 bits per heavy atom. The maximum Gasteiger partial charge on any atom is 0.254 e. The van der Waals surface area contributed by atoms with Crippen molar-refractivity contribution in [1.29, 1.82) is 0 Å². The zero-order valence-electron chi connectivity index (χ0n) is 17.7. The van der Waals surface area contributed by atoms with E-state index in [1.54, 1.807) is 0 Å². The summed E-state index contributed by atoms with van der Waals surface area (Å²) in [6, 6.07) is 11.2. The first kappa shape index (κ1) is 22.7. The van der Waals surface area contributed by atoms with Gasteiger partial charge in [0.05, 0.1) is 12.1 Å². The fraction of sp³-hybridized carbons (Fsp3) is 0.391. The van der Waals surface area contributed by atoms with Crippen molar-refractivity contribution in [1.82, 2.24) is 15.5 Å². The predicted molar refractivity (Wildman–Crippen MR) is 116 cm³/mol. The average Bonchev–Trinajstić information content (AvgIpc) is 2.75. The van der Waals surface area contributed by atoms with Gasteiger partial charge in [-0.15, -0.1) is 0 Å². The summed E-state index contributed by atoms with van der Waals surface area (Å²) in [5.41, 5.74) is 2.23. The van der Waals surface area contributed by atoms with Gasteiger partial charge >= 0.3 is 0 Å². The summed E-state index contributed by atoms with van der Waals surface area (Å²) in [5.74, 6) is -2.82. The molecule has 6 nitrogen and oxygen atoms in total. The molecule has 0 unspecified atom stereocenters. The number of piperazine rings is 1. The number of carbonyl (C=O) groups is 2. The largest absolute Gasteiger partial charge is 0.369 e. The summed E-state index contributed by atoms with van der Waals surface area (Å²) in [6.45, 7) is 7.12. The van der Waals surface area contributed by atoms with Crippen LogP contribution < -0.4 is 15.5 Å². The molecule has 1 fully saturated rings. The van der Waals surface area contributed by atoms with Gasteiger partial charge in [-0.1, -0.05) is 12.1 Å². The molecular formula is C23H28F2N4O2. The van der Waals surface area contributed by atoms with Gasteiger partial charge in [-0.25, -0.2) is 8.78 Å². The van der Waals surface area contributed by atoms with Gasteiger partial charge in [0.25, 0.3) is 5.91 Å². The Morgan fingerprint density at radius 2 is 1.77 bits per heavy atom. The van der Waals surface area contributed by atoms with Crippen LogP contribution in [0.5, 0.6) is 0 Å². The molecule has 8 heteroatoms. The summed E-state index contributed by atoms with van der Waals surface area (Å²) in [7, 11) is 0. The van der Waals surface area contributed by atoms with Gasteiger partial charge in [0.15, 0.2) is 0 Å². The van der Waals surface area contributed by atoms with Crippen LogP contribution in [0.15, 0.2) is 42.5 Å². The van der Waals surface area contributed by atoms with Gasteiger partial charge in [0, 0.05) is 44.5 Å². The highest BCUT2D eigenvalue weighted by molar-refractivity contribution is 5.96. The Bertz CT molecular complexity index is 914. The lowest BCUT2D eigenvalue weighted by atomic mass is 10.2. The molecule has 166 valence electrons. The molecule has 3 rings (SSSR count). The van der Waals surface area contributed by atoms with Crippen LogP contribution in [-0.4, -0.2) is 62.5 Å². The maximum atomic E-state index is 13.6. The lowest BCUT2D eigenvalue weighted by molar-refractivity contribution is -0.120. The Hall–Kier alpha value is -3.00. The highest BCUT2D eigenvalue weighted by atomic mass is 19.1. The fourth-order valence-electron chi connectivity index (χ4n) is 3.58. The van der Waals surface area contributed by atoms with Crippen LogP contribution in [0.3, 0.4) is 0 Å². The van der Waals surface area contributed by atoms with Gasteiger partial charge in [0.1, 0.15) is 11.6 Å². The van der Waals surface area contributed by atoms with Crippen molar-refractivity contribution >= 4 is 17.5 Å². The van der Waals surface area contributed by atoms with Gasteiger partial charge in [0.2, 0.25) is 5.91 Å². The molecule has 2 N–H and O–H groups in total. The van der Waals surface area contributed by atoms with Crippen LogP contribution >= 0.6 is 0 Å². The second kappa shape index (κ2) is 10.9. The van der Waals surface area contributed by atoms with Crippen molar-refractivity contribution in [2.24, 2.45) is 0 Å². The molecule has 0 saturated carbocycles. The molecule has 1 aliphatic heterocycles. The number of nitrogens with zero attached hydrogens (tertiary/aromatic N) is 2. The summed E-state index contributed by atoms with van der Waals surface area (Å²) in [6.07, 6.45) is 0.802. The highest BCUT2D eigenvalue weighted by Crippen LogP contribution is 2.17. The lowest BCUT2D eigenvalue weighted by Crippen LogP contribution is -2.47. The van der Waals surface area contributed by atoms with Crippen LogP contribution in [0.1, 0.15) is 22.3 Å². The monoisotopic (exact) mass is 430 g/mol. The smallest absolute Gasteiger partial charge is 0.254 e. The second-order valence-corrected chi connectivity index (χ2v) is 7.68. The molecule has 0 aliphatic carbocycles. The zero-order chi connectivity index (χ0) is 22.2. The third-order valence-electron chi connectivity index (χ3n) is 5.30. The first-order chi connectivity index (χ1) is 14.9. The van der Waals surface area contributed by atoms with E-state index in [-0.39, 0.29) is 18.0 Å². The van der Waals surface area contributed by atoms with Gasteiger partial charge in [-0.05, 0) is 49.7 Å². The number of hydrogen-bond acceptors (Lipinski definition) is 4. The molecule has 2 aromatic rings. The molecule has 0 aromatic heterocycles. The normalized spacial score (nSPS) is 14.4. The van der Waals surface area contributed by atoms with E-state index in [4.69, 9.17) is 0 Å². The van der Waals surface area contributed by atoms with Crippen molar-refractivity contribution in [2.45, 2.75) is 13.3 Å². The molecule has 2 aromatic carbocycles. The van der Waals surface area contributed by atoms with Gasteiger partial charge in [-0.3, -0.25) is 14.5 Å². The van der Waals surface area contributed by atoms with Crippen molar-refractivity contribution in [2.75, 3.05) is 50.7 Å². The lowest BCUT2D eigenvalue weighted by Gasteiger charge is -2.36. The quantitative estimate of drug-likeness (QED) is 0.631. The van der Waals surface area contributed by atoms with Crippen molar-refractivity contribution in [3.05, 3.63) is 65.2 Å². The zero-order valence-corrected chi connectivity index (χ0v) is 17.7. The van der Waals surface area contributed by atoms with Gasteiger partial charge in [-0.2, -0.15) is 0 Å². The van der Waals surface area contributed by atoms with E-state index in [0.717, 1.165) is 51.3 Å². The third kappa shape index (κ3) is 6.75. The molecule has 2 amide bonds. The van der Waals surface area contributed by atoms with E-state index in [9.17, 15) is 18.4 Å². The summed E-state index contributed by atoms with van der Waals surface area (Å²) >= 11 is 0. The van der Waals surface area contributed by atoms with E-state index in [0.29, 0.717) is 12.6 Å². The minimum atomic E-state index is -0.958. The number of halogens is 2. The number of benzene rings is 2. The Morgan fingerprint density at radius 3 is 2.48 bits per heavy atom. The Kier molecular flexibility index (Phi) is 7.94. The van der Waals surface area contributed by atoms with Crippen LogP contribution in [0.25, 0.3) is 0 Å². The number of rotatable bonds is 8. The van der Waals surface area contributed by atoms with Crippen LogP contribution in [0, 0.1) is 18.6 Å². The number of nitrogens with one attached hydrogen (secondary N) is 2. The minimum absolute atomic E-state index is 0.259. The molecule has 0 atom stereocenters. The Labute approximate surface area is 181 Å². The minimum Gasteiger partial charge on any atom is -0.369 e. The SMILES string of the molecule is Cc1cccc(N2CCN(CCCNC(=O)CNC(=O)c3ccc(F)cc3F)CC2)c1.